The van der Waals surface area contributed by atoms with E-state index in [9.17, 15) is 13.6 Å². The lowest BCUT2D eigenvalue weighted by atomic mass is 10.2. The second-order valence-electron chi connectivity index (χ2n) is 3.23. The average molecular weight is 265 g/mol. The van der Waals surface area contributed by atoms with E-state index in [1.54, 1.807) is 5.32 Å². The van der Waals surface area contributed by atoms with Gasteiger partial charge in [-0.3, -0.25) is 4.98 Å². The molecule has 0 unspecified atom stereocenters. The minimum absolute atomic E-state index is 0.0287. The first-order valence-corrected chi connectivity index (χ1v) is 4.98. The predicted octanol–water partition coefficient (Wildman–Crippen LogP) is 1.48. The molecule has 19 heavy (non-hydrogen) atoms. The first-order chi connectivity index (χ1) is 9.02. The lowest BCUT2D eigenvalue weighted by Gasteiger charge is -1.96. The highest BCUT2D eigenvalue weighted by Gasteiger charge is 2.02. The molecule has 0 spiro atoms. The van der Waals surface area contributed by atoms with Crippen molar-refractivity contribution >= 4 is 12.2 Å². The molecule has 5 nitrogen and oxygen atoms in total. The number of nitrogens with zero attached hydrogens (tertiary/aromatic N) is 1. The van der Waals surface area contributed by atoms with Gasteiger partial charge in [0.15, 0.2) is 0 Å². The van der Waals surface area contributed by atoms with Gasteiger partial charge in [0.05, 0.1) is 11.1 Å². The first kappa shape index (κ1) is 14.3. The highest BCUT2D eigenvalue weighted by atomic mass is 19.3. The number of carbonyl (C=O) groups is 1. The van der Waals surface area contributed by atoms with Crippen molar-refractivity contribution in [3.8, 4) is 11.8 Å². The van der Waals surface area contributed by atoms with Gasteiger partial charge in [-0.25, -0.2) is 4.79 Å². The summed E-state index contributed by atoms with van der Waals surface area (Å²) in [5.41, 5.74) is 0.309. The van der Waals surface area contributed by atoms with Crippen LogP contribution in [0.25, 0.3) is 0 Å². The number of carboxylic acid groups (broad SMARTS) is 1. The number of hydrogen-bond donors (Lipinski definition) is 3. The summed E-state index contributed by atoms with van der Waals surface area (Å²) < 4.78 is 23.8. The molecule has 3 N–H and O–H groups in total. The van der Waals surface area contributed by atoms with Gasteiger partial charge in [-0.2, -0.15) is 8.78 Å². The second kappa shape index (κ2) is 6.86. The Morgan fingerprint density at radius 2 is 2.26 bits per heavy atom. The summed E-state index contributed by atoms with van der Waals surface area (Å²) in [6.45, 7) is -2.74. The van der Waals surface area contributed by atoms with Gasteiger partial charge in [0.25, 0.3) is 0 Å². The molecule has 98 valence electrons. The highest BCUT2D eigenvalue weighted by Crippen LogP contribution is 2.01. The Morgan fingerprint density at radius 1 is 1.53 bits per heavy atom. The van der Waals surface area contributed by atoms with Gasteiger partial charge in [-0.1, -0.05) is 11.8 Å². The van der Waals surface area contributed by atoms with E-state index in [0.29, 0.717) is 5.56 Å². The Balaban J connectivity index is 2.92. The number of nitrogens with one attached hydrogen (secondary N) is 2. The number of pyridine rings is 1. The van der Waals surface area contributed by atoms with Gasteiger partial charge in [-0.05, 0) is 6.07 Å². The van der Waals surface area contributed by atoms with Crippen molar-refractivity contribution in [1.82, 2.24) is 10.3 Å². The van der Waals surface area contributed by atoms with Gasteiger partial charge in [0.2, 0.25) is 0 Å². The van der Waals surface area contributed by atoms with Crippen LogP contribution >= 0.6 is 0 Å². The molecule has 0 saturated heterocycles. The van der Waals surface area contributed by atoms with Gasteiger partial charge in [-0.15, -0.1) is 0 Å². The van der Waals surface area contributed by atoms with Crippen LogP contribution in [0.2, 0.25) is 0 Å². The zero-order valence-corrected chi connectivity index (χ0v) is 9.52. The molecule has 0 aliphatic heterocycles. The SMILES string of the molecule is N=C/C(C#Cc1cncc(C(=O)O)c1)=C\NC(F)F. The van der Waals surface area contributed by atoms with Crippen molar-refractivity contribution in [3.63, 3.8) is 0 Å². The summed E-state index contributed by atoms with van der Waals surface area (Å²) in [6, 6.07) is 1.30. The normalized spacial score (nSPS) is 10.6. The van der Waals surface area contributed by atoms with E-state index in [2.05, 4.69) is 16.8 Å². The van der Waals surface area contributed by atoms with Crippen molar-refractivity contribution in [2.75, 3.05) is 0 Å². The number of carboxylic acids is 1. The molecular weight excluding hydrogens is 256 g/mol. The minimum Gasteiger partial charge on any atom is -0.478 e. The summed E-state index contributed by atoms with van der Waals surface area (Å²) in [5.74, 6) is 3.84. The fourth-order valence-corrected chi connectivity index (χ4v) is 1.04. The Kier molecular flexibility index (Phi) is 5.17. The molecular formula is C12H9F2N3O2. The summed E-state index contributed by atoms with van der Waals surface area (Å²) in [7, 11) is 0. The Hall–Kier alpha value is -2.75. The number of aromatic nitrogens is 1. The van der Waals surface area contributed by atoms with Crippen LogP contribution in [-0.2, 0) is 0 Å². The predicted molar refractivity (Wildman–Crippen MR) is 64.1 cm³/mol. The topological polar surface area (TPSA) is 86.1 Å². The third-order valence-electron chi connectivity index (χ3n) is 1.86. The quantitative estimate of drug-likeness (QED) is 0.437. The molecule has 1 aromatic heterocycles. The zero-order chi connectivity index (χ0) is 14.3. The van der Waals surface area contributed by atoms with E-state index in [4.69, 9.17) is 10.5 Å². The van der Waals surface area contributed by atoms with Crippen molar-refractivity contribution in [1.29, 1.82) is 5.41 Å². The molecule has 0 amide bonds. The molecule has 1 heterocycles. The van der Waals surface area contributed by atoms with E-state index in [0.717, 1.165) is 12.4 Å². The fraction of sp³-hybridized carbons (Fsp3) is 0.0833. The maximum Gasteiger partial charge on any atom is 0.337 e. The molecule has 0 bridgehead atoms. The molecule has 0 saturated carbocycles. The molecule has 0 aromatic carbocycles. The summed E-state index contributed by atoms with van der Waals surface area (Å²) in [6.07, 6.45) is 4.21. The second-order valence-corrected chi connectivity index (χ2v) is 3.23. The first-order valence-electron chi connectivity index (χ1n) is 4.98. The lowest BCUT2D eigenvalue weighted by molar-refractivity contribution is 0.0696. The van der Waals surface area contributed by atoms with Gasteiger partial charge < -0.3 is 15.8 Å². The Bertz CT molecular complexity index is 574. The molecule has 1 aromatic rings. The number of hydrogen-bond acceptors (Lipinski definition) is 4. The fourth-order valence-electron chi connectivity index (χ4n) is 1.04. The van der Waals surface area contributed by atoms with Crippen molar-refractivity contribution in [2.45, 2.75) is 6.55 Å². The van der Waals surface area contributed by atoms with Crippen molar-refractivity contribution < 1.29 is 18.7 Å². The Labute approximate surface area is 107 Å². The van der Waals surface area contributed by atoms with Crippen molar-refractivity contribution in [3.05, 3.63) is 41.4 Å². The van der Waals surface area contributed by atoms with Crippen LogP contribution in [0.4, 0.5) is 8.78 Å². The smallest absolute Gasteiger partial charge is 0.337 e. The summed E-state index contributed by atoms with van der Waals surface area (Å²) in [5, 5.41) is 17.4. The monoisotopic (exact) mass is 265 g/mol. The van der Waals surface area contributed by atoms with Crippen LogP contribution in [0.5, 0.6) is 0 Å². The Morgan fingerprint density at radius 3 is 2.84 bits per heavy atom. The average Bonchev–Trinajstić information content (AvgIpc) is 2.39. The van der Waals surface area contributed by atoms with Crippen LogP contribution < -0.4 is 5.32 Å². The highest BCUT2D eigenvalue weighted by molar-refractivity contribution is 5.87. The van der Waals surface area contributed by atoms with Crippen LogP contribution in [0.3, 0.4) is 0 Å². The number of alkyl halides is 2. The van der Waals surface area contributed by atoms with Gasteiger partial charge >= 0.3 is 12.5 Å². The third-order valence-corrected chi connectivity index (χ3v) is 1.86. The molecule has 1 rings (SSSR count). The van der Waals surface area contributed by atoms with E-state index >= 15 is 0 Å². The van der Waals surface area contributed by atoms with Crippen LogP contribution in [-0.4, -0.2) is 28.8 Å². The maximum absolute atomic E-state index is 11.9. The van der Waals surface area contributed by atoms with E-state index in [1.807, 2.05) is 0 Å². The number of rotatable bonds is 4. The van der Waals surface area contributed by atoms with E-state index in [-0.39, 0.29) is 11.1 Å². The molecule has 0 fully saturated rings. The van der Waals surface area contributed by atoms with Gasteiger partial charge in [0.1, 0.15) is 0 Å². The maximum atomic E-state index is 11.9. The molecule has 0 radical (unpaired) electrons. The molecule has 7 heteroatoms. The molecule has 0 atom stereocenters. The summed E-state index contributed by atoms with van der Waals surface area (Å²) in [4.78, 5) is 14.4. The van der Waals surface area contributed by atoms with E-state index < -0.39 is 12.5 Å². The van der Waals surface area contributed by atoms with Crippen LogP contribution in [0.1, 0.15) is 15.9 Å². The zero-order valence-electron chi connectivity index (χ0n) is 9.52. The van der Waals surface area contributed by atoms with Crippen molar-refractivity contribution in [2.24, 2.45) is 0 Å². The number of allylic oxidation sites excluding steroid dienone is 1. The molecule has 0 aliphatic rings. The lowest BCUT2D eigenvalue weighted by Crippen LogP contribution is -2.13. The van der Waals surface area contributed by atoms with Crippen LogP contribution in [0.15, 0.2) is 30.2 Å². The largest absolute Gasteiger partial charge is 0.478 e. The van der Waals surface area contributed by atoms with Gasteiger partial charge in [0, 0.05) is 30.4 Å². The number of aromatic carboxylic acids is 1. The van der Waals surface area contributed by atoms with Crippen LogP contribution in [0, 0.1) is 17.3 Å². The van der Waals surface area contributed by atoms with E-state index in [1.165, 1.54) is 18.5 Å². The minimum atomic E-state index is -2.74. The third kappa shape index (κ3) is 4.95. The summed E-state index contributed by atoms with van der Waals surface area (Å²) >= 11 is 0. The molecule has 0 aliphatic carbocycles. The number of halogens is 2. The standard InChI is InChI=1S/C12H9F2N3O2/c13-12(14)17-6-9(4-15)2-1-8-3-10(11(18)19)7-16-5-8/h3-7,12,15,17H,(H,18,19)/b9-6-,15-4?.